The van der Waals surface area contributed by atoms with Crippen LogP contribution < -0.4 is 10.2 Å². The van der Waals surface area contributed by atoms with Crippen molar-refractivity contribution in [3.8, 4) is 0 Å². The van der Waals surface area contributed by atoms with E-state index in [0.717, 1.165) is 36.4 Å². The van der Waals surface area contributed by atoms with Gasteiger partial charge in [0.2, 0.25) is 0 Å². The van der Waals surface area contributed by atoms with E-state index in [1.54, 1.807) is 6.33 Å². The number of aromatic nitrogens is 2. The number of carbonyl (C=O) groups is 1. The van der Waals surface area contributed by atoms with Crippen LogP contribution in [0.4, 0.5) is 5.82 Å². The number of rotatable bonds is 4. The number of nitrogens with zero attached hydrogens (tertiary/aromatic N) is 3. The van der Waals surface area contributed by atoms with Crippen LogP contribution in [0.15, 0.2) is 24.5 Å². The van der Waals surface area contributed by atoms with E-state index in [2.05, 4.69) is 20.2 Å². The van der Waals surface area contributed by atoms with E-state index < -0.39 is 0 Å². The normalized spacial score (nSPS) is 18.6. The molecule has 2 heterocycles. The Morgan fingerprint density at radius 1 is 1.08 bits per heavy atom. The molecular formula is C20H26N4O. The molecule has 1 N–H and O–H groups in total. The van der Waals surface area contributed by atoms with Crippen LogP contribution in [0.1, 0.15) is 55.3 Å². The highest BCUT2D eigenvalue weighted by Gasteiger charge is 2.18. The predicted molar refractivity (Wildman–Crippen MR) is 99.9 cm³/mol. The lowest BCUT2D eigenvalue weighted by atomic mass is 9.89. The molecule has 1 aromatic heterocycles. The van der Waals surface area contributed by atoms with Gasteiger partial charge in [-0.1, -0.05) is 19.3 Å². The number of hydrogen-bond donors (Lipinski definition) is 1. The highest BCUT2D eigenvalue weighted by Crippen LogP contribution is 2.27. The van der Waals surface area contributed by atoms with Crippen molar-refractivity contribution in [2.75, 3.05) is 24.5 Å². The fraction of sp³-hybridized carbons (Fsp3) is 0.550. The first-order valence-electron chi connectivity index (χ1n) is 9.59. The van der Waals surface area contributed by atoms with Crippen molar-refractivity contribution in [1.29, 1.82) is 0 Å². The molecule has 0 unspecified atom stereocenters. The molecule has 5 heteroatoms. The van der Waals surface area contributed by atoms with Gasteiger partial charge in [-0.2, -0.15) is 0 Å². The van der Waals surface area contributed by atoms with E-state index >= 15 is 0 Å². The van der Waals surface area contributed by atoms with Gasteiger partial charge in [0, 0.05) is 30.6 Å². The Kier molecular flexibility index (Phi) is 4.81. The van der Waals surface area contributed by atoms with Crippen LogP contribution in [0.2, 0.25) is 0 Å². The SMILES string of the molecule is O=C(NCC1CCCCC1)c1ccc2ncnc(N3CCCC3)c2c1. The second-order valence-corrected chi connectivity index (χ2v) is 7.34. The molecule has 1 saturated heterocycles. The number of hydrogen-bond acceptors (Lipinski definition) is 4. The van der Waals surface area contributed by atoms with Crippen LogP contribution in [0, 0.1) is 5.92 Å². The molecule has 2 aromatic rings. The van der Waals surface area contributed by atoms with Gasteiger partial charge in [-0.05, 0) is 49.8 Å². The summed E-state index contributed by atoms with van der Waals surface area (Å²) in [6, 6.07) is 5.77. The maximum absolute atomic E-state index is 12.6. The number of nitrogens with one attached hydrogen (secondary N) is 1. The van der Waals surface area contributed by atoms with Gasteiger partial charge < -0.3 is 10.2 Å². The third kappa shape index (κ3) is 3.60. The lowest BCUT2D eigenvalue weighted by Crippen LogP contribution is -2.30. The maximum atomic E-state index is 12.6. The van der Waals surface area contributed by atoms with Gasteiger partial charge in [0.15, 0.2) is 0 Å². The van der Waals surface area contributed by atoms with Gasteiger partial charge in [0.1, 0.15) is 12.1 Å². The number of anilines is 1. The summed E-state index contributed by atoms with van der Waals surface area (Å²) in [6.45, 7) is 2.86. The van der Waals surface area contributed by atoms with Crippen molar-refractivity contribution in [2.45, 2.75) is 44.9 Å². The van der Waals surface area contributed by atoms with Crippen LogP contribution in [0.25, 0.3) is 10.9 Å². The van der Waals surface area contributed by atoms with E-state index in [4.69, 9.17) is 0 Å². The van der Waals surface area contributed by atoms with Crippen LogP contribution >= 0.6 is 0 Å². The Bertz CT molecular complexity index is 748. The van der Waals surface area contributed by atoms with Crippen LogP contribution in [0.5, 0.6) is 0 Å². The fourth-order valence-electron chi connectivity index (χ4n) is 4.10. The van der Waals surface area contributed by atoms with Crippen molar-refractivity contribution >= 4 is 22.6 Å². The minimum absolute atomic E-state index is 0.0173. The second kappa shape index (κ2) is 7.38. The Balaban J connectivity index is 1.53. The molecule has 0 atom stereocenters. The average molecular weight is 338 g/mol. The minimum Gasteiger partial charge on any atom is -0.356 e. The largest absolute Gasteiger partial charge is 0.356 e. The van der Waals surface area contributed by atoms with Crippen LogP contribution in [-0.4, -0.2) is 35.5 Å². The van der Waals surface area contributed by atoms with Crippen molar-refractivity contribution in [2.24, 2.45) is 5.92 Å². The van der Waals surface area contributed by atoms with Gasteiger partial charge in [-0.25, -0.2) is 9.97 Å². The van der Waals surface area contributed by atoms with Crippen molar-refractivity contribution in [3.63, 3.8) is 0 Å². The fourth-order valence-corrected chi connectivity index (χ4v) is 4.10. The van der Waals surface area contributed by atoms with E-state index in [1.165, 1.54) is 44.9 Å². The van der Waals surface area contributed by atoms with Gasteiger partial charge >= 0.3 is 0 Å². The molecule has 1 saturated carbocycles. The van der Waals surface area contributed by atoms with E-state index in [1.807, 2.05) is 18.2 Å². The first-order chi connectivity index (χ1) is 12.3. The molecule has 132 valence electrons. The molecule has 5 nitrogen and oxygen atoms in total. The Morgan fingerprint density at radius 2 is 1.88 bits per heavy atom. The summed E-state index contributed by atoms with van der Waals surface area (Å²) in [4.78, 5) is 23.8. The summed E-state index contributed by atoms with van der Waals surface area (Å²) in [5, 5.41) is 4.11. The predicted octanol–water partition coefficient (Wildman–Crippen LogP) is 3.54. The minimum atomic E-state index is 0.0173. The summed E-state index contributed by atoms with van der Waals surface area (Å²) in [7, 11) is 0. The molecular weight excluding hydrogens is 312 g/mol. The molecule has 4 rings (SSSR count). The van der Waals surface area contributed by atoms with Gasteiger partial charge in [0.05, 0.1) is 5.52 Å². The number of fused-ring (bicyclic) bond motifs is 1. The summed E-state index contributed by atoms with van der Waals surface area (Å²) in [6.07, 6.45) is 10.4. The molecule has 2 fully saturated rings. The highest BCUT2D eigenvalue weighted by molar-refractivity contribution is 6.00. The zero-order valence-electron chi connectivity index (χ0n) is 14.7. The third-order valence-electron chi connectivity index (χ3n) is 5.56. The number of benzene rings is 1. The second-order valence-electron chi connectivity index (χ2n) is 7.34. The quantitative estimate of drug-likeness (QED) is 0.926. The molecule has 1 aliphatic heterocycles. The molecule has 25 heavy (non-hydrogen) atoms. The number of carbonyl (C=O) groups excluding carboxylic acids is 1. The standard InChI is InChI=1S/C20H26N4O/c25-20(21-13-15-6-2-1-3-7-15)16-8-9-18-17(12-16)19(23-14-22-18)24-10-4-5-11-24/h8-9,12,14-15H,1-7,10-11,13H2,(H,21,25). The number of amides is 1. The Hall–Kier alpha value is -2.17. The topological polar surface area (TPSA) is 58.1 Å². The smallest absolute Gasteiger partial charge is 0.251 e. The average Bonchev–Trinajstić information content (AvgIpc) is 3.20. The first-order valence-corrected chi connectivity index (χ1v) is 9.59. The summed E-state index contributed by atoms with van der Waals surface area (Å²) in [5.41, 5.74) is 1.61. The van der Waals surface area contributed by atoms with Crippen molar-refractivity contribution in [1.82, 2.24) is 15.3 Å². The van der Waals surface area contributed by atoms with E-state index in [0.29, 0.717) is 11.5 Å². The van der Waals surface area contributed by atoms with Crippen LogP contribution in [-0.2, 0) is 0 Å². The summed E-state index contributed by atoms with van der Waals surface area (Å²) < 4.78 is 0. The van der Waals surface area contributed by atoms with Gasteiger partial charge in [0.25, 0.3) is 5.91 Å². The zero-order valence-corrected chi connectivity index (χ0v) is 14.7. The Labute approximate surface area is 148 Å². The van der Waals surface area contributed by atoms with E-state index in [9.17, 15) is 4.79 Å². The molecule has 0 radical (unpaired) electrons. The van der Waals surface area contributed by atoms with Gasteiger partial charge in [-0.15, -0.1) is 0 Å². The molecule has 0 spiro atoms. The molecule has 2 aliphatic rings. The lowest BCUT2D eigenvalue weighted by Gasteiger charge is -2.22. The third-order valence-corrected chi connectivity index (χ3v) is 5.56. The molecule has 1 amide bonds. The monoisotopic (exact) mass is 338 g/mol. The van der Waals surface area contributed by atoms with Crippen molar-refractivity contribution < 1.29 is 4.79 Å². The summed E-state index contributed by atoms with van der Waals surface area (Å²) in [5.74, 6) is 1.62. The highest BCUT2D eigenvalue weighted by atomic mass is 16.1. The first kappa shape index (κ1) is 16.3. The lowest BCUT2D eigenvalue weighted by molar-refractivity contribution is 0.0943. The molecule has 1 aromatic carbocycles. The van der Waals surface area contributed by atoms with Gasteiger partial charge in [-0.3, -0.25) is 4.79 Å². The molecule has 1 aliphatic carbocycles. The summed E-state index contributed by atoms with van der Waals surface area (Å²) >= 11 is 0. The van der Waals surface area contributed by atoms with Crippen molar-refractivity contribution in [3.05, 3.63) is 30.1 Å². The Morgan fingerprint density at radius 3 is 2.68 bits per heavy atom. The van der Waals surface area contributed by atoms with Crippen LogP contribution in [0.3, 0.4) is 0 Å². The maximum Gasteiger partial charge on any atom is 0.251 e. The zero-order chi connectivity index (χ0) is 17.1. The molecule has 0 bridgehead atoms. The van der Waals surface area contributed by atoms with E-state index in [-0.39, 0.29) is 5.91 Å².